The Labute approximate surface area is 138 Å². The van der Waals surface area contributed by atoms with Gasteiger partial charge in [-0.15, -0.1) is 12.4 Å². The normalized spacial score (nSPS) is 11.3. The van der Waals surface area contributed by atoms with Gasteiger partial charge in [0.25, 0.3) is 11.7 Å². The zero-order valence-electron chi connectivity index (χ0n) is 12.8. The number of rotatable bonds is 6. The van der Waals surface area contributed by atoms with Crippen molar-refractivity contribution >= 4 is 24.1 Å². The maximum atomic E-state index is 13.0. The molecule has 0 atom stereocenters. The Bertz CT molecular complexity index is 690. The van der Waals surface area contributed by atoms with Crippen molar-refractivity contribution in [3.63, 3.8) is 0 Å². The van der Waals surface area contributed by atoms with Gasteiger partial charge in [-0.3, -0.25) is 4.79 Å². The van der Waals surface area contributed by atoms with E-state index in [1.807, 2.05) is 13.8 Å². The molecule has 3 N–H and O–H groups in total. The molecule has 2 aromatic heterocycles. The van der Waals surface area contributed by atoms with E-state index in [9.17, 15) is 13.6 Å². The number of hydrogen-bond donors (Lipinski definition) is 2. The number of nitrogens with zero attached hydrogens (tertiary/aromatic N) is 4. The summed E-state index contributed by atoms with van der Waals surface area (Å²) in [4.78, 5) is 20.0. The van der Waals surface area contributed by atoms with Gasteiger partial charge in [-0.2, -0.15) is 10.1 Å². The minimum atomic E-state index is -3.08. The molecule has 0 spiro atoms. The van der Waals surface area contributed by atoms with Crippen LogP contribution in [-0.4, -0.2) is 44.5 Å². The zero-order valence-corrected chi connectivity index (χ0v) is 13.7. The van der Waals surface area contributed by atoms with E-state index in [2.05, 4.69) is 20.4 Å². The molecule has 0 unspecified atom stereocenters. The Morgan fingerprint density at radius 1 is 1.43 bits per heavy atom. The first-order valence-electron chi connectivity index (χ1n) is 6.84. The smallest absolute Gasteiger partial charge is 0.277 e. The molecule has 10 heteroatoms. The summed E-state index contributed by atoms with van der Waals surface area (Å²) in [5.74, 6) is -3.04. The Hall–Kier alpha value is -1.87. The van der Waals surface area contributed by atoms with Gasteiger partial charge in [-0.25, -0.2) is 18.3 Å². The molecule has 0 bridgehead atoms. The Morgan fingerprint density at radius 2 is 2.13 bits per heavy atom. The molecule has 0 aliphatic carbocycles. The van der Waals surface area contributed by atoms with Crippen molar-refractivity contribution < 1.29 is 13.6 Å². The molecule has 0 aromatic carbocycles. The summed E-state index contributed by atoms with van der Waals surface area (Å²) in [6, 6.07) is 0. The van der Waals surface area contributed by atoms with E-state index >= 15 is 0 Å². The molecule has 0 saturated heterocycles. The van der Waals surface area contributed by atoms with Crippen LogP contribution in [0.3, 0.4) is 0 Å². The molecule has 128 valence electrons. The van der Waals surface area contributed by atoms with Crippen LogP contribution in [0.4, 0.5) is 8.78 Å². The Balaban J connectivity index is 0.00000264. The molecule has 0 aliphatic rings. The maximum absolute atomic E-state index is 13.0. The maximum Gasteiger partial charge on any atom is 0.277 e. The quantitative estimate of drug-likeness (QED) is 0.804. The molecule has 7 nitrogen and oxygen atoms in total. The predicted octanol–water partition coefficient (Wildman–Crippen LogP) is 0.806. The second-order valence-corrected chi connectivity index (χ2v) is 5.07. The number of carbonyl (C=O) groups excluding carboxylic acids is 1. The number of halogens is 3. The highest BCUT2D eigenvalue weighted by Gasteiger charge is 2.27. The number of hydrogen-bond acceptors (Lipinski definition) is 5. The van der Waals surface area contributed by atoms with Crippen LogP contribution in [0, 0.1) is 13.8 Å². The number of aromatic nitrogens is 4. The van der Waals surface area contributed by atoms with Gasteiger partial charge in [0.2, 0.25) is 5.91 Å². The van der Waals surface area contributed by atoms with Gasteiger partial charge in [-0.1, -0.05) is 0 Å². The SMILES string of the molecule is Cc1nc2ncnn2c(C)c1CCC(=O)NCC(F)(F)CN.Cl. The third kappa shape index (κ3) is 4.55. The molecule has 1 amide bonds. The summed E-state index contributed by atoms with van der Waals surface area (Å²) in [5, 5.41) is 6.25. The lowest BCUT2D eigenvalue weighted by molar-refractivity contribution is -0.122. The molecule has 0 radical (unpaired) electrons. The van der Waals surface area contributed by atoms with Crippen LogP contribution in [0.25, 0.3) is 5.78 Å². The van der Waals surface area contributed by atoms with Crippen molar-refractivity contribution in [1.82, 2.24) is 24.9 Å². The molecule has 2 heterocycles. The zero-order chi connectivity index (χ0) is 16.3. The van der Waals surface area contributed by atoms with Crippen molar-refractivity contribution in [2.75, 3.05) is 13.1 Å². The van der Waals surface area contributed by atoms with E-state index in [0.717, 1.165) is 17.0 Å². The number of fused-ring (bicyclic) bond motifs is 1. The minimum Gasteiger partial charge on any atom is -0.350 e. The van der Waals surface area contributed by atoms with Gasteiger partial charge in [0, 0.05) is 17.8 Å². The Morgan fingerprint density at radius 3 is 2.78 bits per heavy atom. The first-order chi connectivity index (χ1) is 10.3. The lowest BCUT2D eigenvalue weighted by atomic mass is 10.1. The van der Waals surface area contributed by atoms with Crippen molar-refractivity contribution in [3.8, 4) is 0 Å². The molecular formula is C13H19ClF2N6O. The summed E-state index contributed by atoms with van der Waals surface area (Å²) < 4.78 is 27.5. The van der Waals surface area contributed by atoms with Gasteiger partial charge in [0.1, 0.15) is 6.33 Å². The highest BCUT2D eigenvalue weighted by atomic mass is 35.5. The fraction of sp³-hybridized carbons (Fsp3) is 0.538. The fourth-order valence-corrected chi connectivity index (χ4v) is 2.14. The van der Waals surface area contributed by atoms with E-state index in [1.54, 1.807) is 4.52 Å². The highest BCUT2D eigenvalue weighted by Crippen LogP contribution is 2.15. The minimum absolute atomic E-state index is 0. The molecule has 0 fully saturated rings. The van der Waals surface area contributed by atoms with E-state index in [4.69, 9.17) is 5.73 Å². The first-order valence-corrected chi connectivity index (χ1v) is 6.84. The van der Waals surface area contributed by atoms with E-state index in [-0.39, 0.29) is 18.8 Å². The van der Waals surface area contributed by atoms with Crippen LogP contribution in [0.15, 0.2) is 6.33 Å². The molecule has 2 rings (SSSR count). The van der Waals surface area contributed by atoms with Crippen LogP contribution < -0.4 is 11.1 Å². The number of carbonyl (C=O) groups is 1. The Kier molecular flexibility index (Phi) is 6.34. The van der Waals surface area contributed by atoms with Crippen LogP contribution >= 0.6 is 12.4 Å². The summed E-state index contributed by atoms with van der Waals surface area (Å²) in [6.07, 6.45) is 1.88. The lowest BCUT2D eigenvalue weighted by Crippen LogP contribution is -2.41. The summed E-state index contributed by atoms with van der Waals surface area (Å²) in [5.41, 5.74) is 7.36. The van der Waals surface area contributed by atoms with Crippen molar-refractivity contribution in [2.24, 2.45) is 5.73 Å². The molecule has 0 aliphatic heterocycles. The average molecular weight is 349 g/mol. The van der Waals surface area contributed by atoms with Gasteiger partial charge >= 0.3 is 0 Å². The topological polar surface area (TPSA) is 98.2 Å². The second-order valence-electron chi connectivity index (χ2n) is 5.07. The van der Waals surface area contributed by atoms with Crippen LogP contribution in [0.1, 0.15) is 23.4 Å². The number of nitrogens with two attached hydrogens (primary N) is 1. The number of aryl methyl sites for hydroxylation is 2. The van der Waals surface area contributed by atoms with Crippen molar-refractivity contribution in [1.29, 1.82) is 0 Å². The molecule has 2 aromatic rings. The van der Waals surface area contributed by atoms with Crippen LogP contribution in [-0.2, 0) is 11.2 Å². The number of amides is 1. The van der Waals surface area contributed by atoms with Gasteiger partial charge in [0.15, 0.2) is 0 Å². The largest absolute Gasteiger partial charge is 0.350 e. The van der Waals surface area contributed by atoms with Crippen molar-refractivity contribution in [2.45, 2.75) is 32.6 Å². The molecule has 0 saturated carbocycles. The monoisotopic (exact) mass is 348 g/mol. The summed E-state index contributed by atoms with van der Waals surface area (Å²) >= 11 is 0. The highest BCUT2D eigenvalue weighted by molar-refractivity contribution is 5.85. The average Bonchev–Trinajstić information content (AvgIpc) is 2.93. The summed E-state index contributed by atoms with van der Waals surface area (Å²) in [6.45, 7) is 2.13. The first kappa shape index (κ1) is 19.2. The van der Waals surface area contributed by atoms with Crippen LogP contribution in [0.5, 0.6) is 0 Å². The molecule has 23 heavy (non-hydrogen) atoms. The third-order valence-corrected chi connectivity index (χ3v) is 3.43. The van der Waals surface area contributed by atoms with E-state index in [0.29, 0.717) is 12.2 Å². The summed E-state index contributed by atoms with van der Waals surface area (Å²) in [7, 11) is 0. The van der Waals surface area contributed by atoms with E-state index in [1.165, 1.54) is 6.33 Å². The van der Waals surface area contributed by atoms with Crippen LogP contribution in [0.2, 0.25) is 0 Å². The standard InChI is InChI=1S/C13H18F2N6O.ClH/c1-8-10(9(2)21-12(20-8)18-7-19-21)3-4-11(22)17-6-13(14,15)5-16;/h7H,3-6,16H2,1-2H3,(H,17,22);1H. The number of alkyl halides is 2. The lowest BCUT2D eigenvalue weighted by Gasteiger charge is -2.15. The van der Waals surface area contributed by atoms with Gasteiger partial charge in [0.05, 0.1) is 13.1 Å². The third-order valence-electron chi connectivity index (χ3n) is 3.43. The predicted molar refractivity (Wildman–Crippen MR) is 82.8 cm³/mol. The van der Waals surface area contributed by atoms with E-state index < -0.39 is 24.9 Å². The van der Waals surface area contributed by atoms with Gasteiger partial charge in [-0.05, 0) is 25.8 Å². The second kappa shape index (κ2) is 7.60. The van der Waals surface area contributed by atoms with Crippen molar-refractivity contribution in [3.05, 3.63) is 23.3 Å². The fourth-order valence-electron chi connectivity index (χ4n) is 2.14. The number of nitrogens with one attached hydrogen (secondary N) is 1. The molecular weight excluding hydrogens is 330 g/mol. The van der Waals surface area contributed by atoms with Gasteiger partial charge < -0.3 is 11.1 Å².